The van der Waals surface area contributed by atoms with Gasteiger partial charge in [-0.25, -0.2) is 0 Å². The standard InChI is InChI=1S/C17H18N4O4.ClH/c1-25-16(23)11-20-10-13(9-18-20)19-17(24)12-4-2-5-14(8-12)21-7-3-6-15(21)22;/h2,4-5,8-10H,3,6-7,11H2,1H3,(H,19,24);1H. The van der Waals surface area contributed by atoms with E-state index in [2.05, 4.69) is 15.2 Å². The molecule has 26 heavy (non-hydrogen) atoms. The largest absolute Gasteiger partial charge is 0.468 e. The number of carbonyl (C=O) groups excluding carboxylic acids is 3. The molecule has 9 heteroatoms. The fourth-order valence-electron chi connectivity index (χ4n) is 2.65. The summed E-state index contributed by atoms with van der Waals surface area (Å²) in [6.07, 6.45) is 4.36. The number of nitrogens with one attached hydrogen (secondary N) is 1. The van der Waals surface area contributed by atoms with E-state index in [4.69, 9.17) is 0 Å². The molecule has 1 aromatic carbocycles. The minimum Gasteiger partial charge on any atom is -0.468 e. The van der Waals surface area contributed by atoms with Crippen molar-refractivity contribution in [3.8, 4) is 0 Å². The number of rotatable bonds is 5. The van der Waals surface area contributed by atoms with Crippen LogP contribution >= 0.6 is 12.4 Å². The second-order valence-electron chi connectivity index (χ2n) is 5.66. The first-order chi connectivity index (χ1) is 12.1. The molecule has 0 radical (unpaired) electrons. The highest BCUT2D eigenvalue weighted by Gasteiger charge is 2.22. The lowest BCUT2D eigenvalue weighted by Crippen LogP contribution is -2.24. The number of methoxy groups -OCH3 is 1. The second kappa shape index (κ2) is 8.48. The van der Waals surface area contributed by atoms with Gasteiger partial charge in [0.25, 0.3) is 5.91 Å². The molecular weight excluding hydrogens is 360 g/mol. The number of aromatic nitrogens is 2. The molecule has 8 nitrogen and oxygen atoms in total. The lowest BCUT2D eigenvalue weighted by molar-refractivity contribution is -0.141. The van der Waals surface area contributed by atoms with E-state index in [0.717, 1.165) is 12.1 Å². The highest BCUT2D eigenvalue weighted by Crippen LogP contribution is 2.22. The van der Waals surface area contributed by atoms with Crippen LogP contribution in [0.2, 0.25) is 0 Å². The van der Waals surface area contributed by atoms with E-state index >= 15 is 0 Å². The van der Waals surface area contributed by atoms with E-state index in [0.29, 0.717) is 24.2 Å². The molecule has 138 valence electrons. The maximum atomic E-state index is 12.4. The zero-order valence-corrected chi connectivity index (χ0v) is 15.0. The first-order valence-electron chi connectivity index (χ1n) is 7.88. The predicted octanol–water partition coefficient (Wildman–Crippen LogP) is 1.86. The molecule has 0 saturated carbocycles. The van der Waals surface area contributed by atoms with Crippen molar-refractivity contribution in [2.45, 2.75) is 19.4 Å². The fraction of sp³-hybridized carbons (Fsp3) is 0.294. The SMILES string of the molecule is COC(=O)Cn1cc(NC(=O)c2cccc(N3CCCC3=O)c2)cn1.Cl. The van der Waals surface area contributed by atoms with Crippen molar-refractivity contribution in [3.05, 3.63) is 42.2 Å². The van der Waals surface area contributed by atoms with Crippen LogP contribution in [0.1, 0.15) is 23.2 Å². The van der Waals surface area contributed by atoms with E-state index in [-0.39, 0.29) is 30.8 Å². The smallest absolute Gasteiger partial charge is 0.327 e. The third-order valence-electron chi connectivity index (χ3n) is 3.90. The zero-order valence-electron chi connectivity index (χ0n) is 14.2. The lowest BCUT2D eigenvalue weighted by Gasteiger charge is -2.16. The molecule has 1 fully saturated rings. The highest BCUT2D eigenvalue weighted by atomic mass is 35.5. The second-order valence-corrected chi connectivity index (χ2v) is 5.66. The van der Waals surface area contributed by atoms with Crippen LogP contribution < -0.4 is 10.2 Å². The van der Waals surface area contributed by atoms with Gasteiger partial charge in [0.1, 0.15) is 6.54 Å². The Balaban J connectivity index is 0.00000243. The van der Waals surface area contributed by atoms with Crippen molar-refractivity contribution >= 4 is 41.6 Å². The van der Waals surface area contributed by atoms with Gasteiger partial charge in [0.15, 0.2) is 0 Å². The molecule has 2 heterocycles. The number of hydrogen-bond acceptors (Lipinski definition) is 5. The van der Waals surface area contributed by atoms with Gasteiger partial charge in [-0.15, -0.1) is 12.4 Å². The van der Waals surface area contributed by atoms with Gasteiger partial charge in [-0.3, -0.25) is 19.1 Å². The molecule has 3 rings (SSSR count). The highest BCUT2D eigenvalue weighted by molar-refractivity contribution is 6.05. The van der Waals surface area contributed by atoms with Gasteiger partial charge in [0.2, 0.25) is 5.91 Å². The van der Waals surface area contributed by atoms with Crippen LogP contribution in [0.3, 0.4) is 0 Å². The van der Waals surface area contributed by atoms with Gasteiger partial charge < -0.3 is 15.0 Å². The third kappa shape index (κ3) is 4.40. The number of ether oxygens (including phenoxy) is 1. The molecule has 1 N–H and O–H groups in total. The van der Waals surface area contributed by atoms with E-state index < -0.39 is 5.97 Å². The van der Waals surface area contributed by atoms with Gasteiger partial charge in [0, 0.05) is 30.4 Å². The summed E-state index contributed by atoms with van der Waals surface area (Å²) in [6, 6.07) is 6.93. The van der Waals surface area contributed by atoms with Crippen molar-refractivity contribution < 1.29 is 19.1 Å². The monoisotopic (exact) mass is 378 g/mol. The van der Waals surface area contributed by atoms with Crippen LogP contribution in [-0.2, 0) is 20.9 Å². The average molecular weight is 379 g/mol. The van der Waals surface area contributed by atoms with E-state index in [1.165, 1.54) is 18.0 Å². The summed E-state index contributed by atoms with van der Waals surface area (Å²) in [7, 11) is 1.30. The maximum absolute atomic E-state index is 12.4. The van der Waals surface area contributed by atoms with E-state index in [1.807, 2.05) is 6.07 Å². The number of anilines is 2. The van der Waals surface area contributed by atoms with Gasteiger partial charge >= 0.3 is 5.97 Å². The number of nitrogens with zero attached hydrogens (tertiary/aromatic N) is 3. The number of carbonyl (C=O) groups is 3. The third-order valence-corrected chi connectivity index (χ3v) is 3.90. The van der Waals surface area contributed by atoms with Gasteiger partial charge in [-0.1, -0.05) is 6.07 Å². The number of esters is 1. The first kappa shape index (κ1) is 19.5. The molecule has 1 aliphatic rings. The van der Waals surface area contributed by atoms with E-state index in [1.54, 1.807) is 29.3 Å². The molecule has 0 unspecified atom stereocenters. The first-order valence-corrected chi connectivity index (χ1v) is 7.88. The summed E-state index contributed by atoms with van der Waals surface area (Å²) in [6.45, 7) is 0.642. The summed E-state index contributed by atoms with van der Waals surface area (Å²) in [5, 5.41) is 6.71. The quantitative estimate of drug-likeness (QED) is 0.801. The van der Waals surface area contributed by atoms with E-state index in [9.17, 15) is 14.4 Å². The number of benzene rings is 1. The normalized spacial score (nSPS) is 13.3. The molecule has 2 aromatic rings. The van der Waals surface area contributed by atoms with Gasteiger partial charge in [-0.05, 0) is 24.6 Å². The number of amides is 2. The Bertz CT molecular complexity index is 821. The van der Waals surface area contributed by atoms with Crippen LogP contribution in [-0.4, -0.2) is 41.2 Å². The Morgan fingerprint density at radius 1 is 1.35 bits per heavy atom. The molecule has 1 aromatic heterocycles. The molecule has 0 bridgehead atoms. The molecule has 1 aliphatic heterocycles. The maximum Gasteiger partial charge on any atom is 0.327 e. The summed E-state index contributed by atoms with van der Waals surface area (Å²) in [4.78, 5) is 37.2. The Hall–Kier alpha value is -2.87. The minimum atomic E-state index is -0.427. The van der Waals surface area contributed by atoms with Crippen LogP contribution in [0.4, 0.5) is 11.4 Å². The Morgan fingerprint density at radius 2 is 2.15 bits per heavy atom. The van der Waals surface area contributed by atoms with Crippen LogP contribution in [0, 0.1) is 0 Å². The lowest BCUT2D eigenvalue weighted by atomic mass is 10.1. The van der Waals surface area contributed by atoms with Gasteiger partial charge in [-0.2, -0.15) is 5.10 Å². The minimum absolute atomic E-state index is 0. The number of halogens is 1. The molecular formula is C17H19ClN4O4. The molecule has 0 atom stereocenters. The van der Waals surface area contributed by atoms with Crippen LogP contribution in [0.15, 0.2) is 36.7 Å². The average Bonchev–Trinajstić information content (AvgIpc) is 3.23. The summed E-state index contributed by atoms with van der Waals surface area (Å²) >= 11 is 0. The zero-order chi connectivity index (χ0) is 17.8. The van der Waals surface area contributed by atoms with Crippen molar-refractivity contribution in [2.75, 3.05) is 23.9 Å². The molecule has 2 amide bonds. The number of hydrogen-bond donors (Lipinski definition) is 1. The Labute approximate surface area is 156 Å². The Kier molecular flexibility index (Phi) is 6.35. The summed E-state index contributed by atoms with van der Waals surface area (Å²) in [5.74, 6) is -0.670. The summed E-state index contributed by atoms with van der Waals surface area (Å²) < 4.78 is 5.94. The summed E-state index contributed by atoms with van der Waals surface area (Å²) in [5.41, 5.74) is 1.63. The molecule has 0 aliphatic carbocycles. The van der Waals surface area contributed by atoms with Crippen molar-refractivity contribution in [1.29, 1.82) is 0 Å². The molecule has 0 spiro atoms. The van der Waals surface area contributed by atoms with Crippen LogP contribution in [0.5, 0.6) is 0 Å². The fourth-order valence-corrected chi connectivity index (χ4v) is 2.65. The Morgan fingerprint density at radius 3 is 2.85 bits per heavy atom. The predicted molar refractivity (Wildman–Crippen MR) is 97.5 cm³/mol. The van der Waals surface area contributed by atoms with Crippen molar-refractivity contribution in [1.82, 2.24) is 9.78 Å². The van der Waals surface area contributed by atoms with Crippen molar-refractivity contribution in [2.24, 2.45) is 0 Å². The van der Waals surface area contributed by atoms with Crippen LogP contribution in [0.25, 0.3) is 0 Å². The van der Waals surface area contributed by atoms with Crippen molar-refractivity contribution in [3.63, 3.8) is 0 Å². The topological polar surface area (TPSA) is 93.5 Å². The van der Waals surface area contributed by atoms with Gasteiger partial charge in [0.05, 0.1) is 19.0 Å². The molecule has 1 saturated heterocycles.